The van der Waals surface area contributed by atoms with E-state index in [0.717, 1.165) is 0 Å². The van der Waals surface area contributed by atoms with Crippen LogP contribution in [-0.2, 0) is 29.6 Å². The Bertz CT molecular complexity index is 688. The number of rotatable bonds is 6. The molecule has 0 aliphatic carbocycles. The van der Waals surface area contributed by atoms with Gasteiger partial charge < -0.3 is 9.52 Å². The van der Waals surface area contributed by atoms with Crippen molar-refractivity contribution in [2.75, 3.05) is 0 Å². The van der Waals surface area contributed by atoms with E-state index < -0.39 is 10.0 Å². The number of sulfonamides is 1. The molecule has 2 heterocycles. The van der Waals surface area contributed by atoms with Crippen LogP contribution >= 0.6 is 11.3 Å². The van der Waals surface area contributed by atoms with Gasteiger partial charge in [0.2, 0.25) is 15.9 Å². The number of aryl methyl sites for hydroxylation is 2. The molecule has 6 nitrogen and oxygen atoms in total. The summed E-state index contributed by atoms with van der Waals surface area (Å²) < 4.78 is 32.1. The van der Waals surface area contributed by atoms with Gasteiger partial charge in [-0.3, -0.25) is 0 Å². The molecule has 0 saturated heterocycles. The summed E-state index contributed by atoms with van der Waals surface area (Å²) in [6.07, 6.45) is 2.30. The van der Waals surface area contributed by atoms with Gasteiger partial charge >= 0.3 is 0 Å². The van der Waals surface area contributed by atoms with E-state index in [0.29, 0.717) is 27.8 Å². The zero-order valence-electron chi connectivity index (χ0n) is 11.2. The van der Waals surface area contributed by atoms with Crippen LogP contribution in [0.15, 0.2) is 21.6 Å². The fraction of sp³-hybridized carbons (Fsp3) is 0.417. The highest BCUT2D eigenvalue weighted by Gasteiger charge is 2.20. The van der Waals surface area contributed by atoms with E-state index in [1.54, 1.807) is 13.1 Å². The summed E-state index contributed by atoms with van der Waals surface area (Å²) in [4.78, 5) is 5.44. The van der Waals surface area contributed by atoms with Crippen LogP contribution in [0.3, 0.4) is 0 Å². The number of hydrogen-bond donors (Lipinski definition) is 2. The second-order valence-electron chi connectivity index (χ2n) is 4.19. The molecule has 0 aromatic carbocycles. The first-order valence-corrected chi connectivity index (χ1v) is 8.39. The predicted octanol–water partition coefficient (Wildman–Crippen LogP) is 1.58. The Labute approximate surface area is 121 Å². The molecular weight excluding hydrogens is 300 g/mol. The van der Waals surface area contributed by atoms with Crippen molar-refractivity contribution in [1.82, 2.24) is 9.71 Å². The topological polar surface area (TPSA) is 92.4 Å². The second kappa shape index (κ2) is 6.04. The van der Waals surface area contributed by atoms with Crippen molar-refractivity contribution in [2.24, 2.45) is 0 Å². The molecule has 0 atom stereocenters. The van der Waals surface area contributed by atoms with Crippen molar-refractivity contribution in [2.45, 2.75) is 38.3 Å². The molecule has 0 aliphatic rings. The van der Waals surface area contributed by atoms with Gasteiger partial charge in [-0.15, -0.1) is 11.3 Å². The van der Waals surface area contributed by atoms with Crippen molar-refractivity contribution >= 4 is 21.4 Å². The molecule has 2 aromatic rings. The number of nitrogens with zero attached hydrogens (tertiary/aromatic N) is 1. The highest BCUT2D eigenvalue weighted by molar-refractivity contribution is 7.89. The monoisotopic (exact) mass is 316 g/mol. The lowest BCUT2D eigenvalue weighted by molar-refractivity contribution is 0.285. The first kappa shape index (κ1) is 15.2. The highest BCUT2D eigenvalue weighted by Crippen LogP contribution is 2.25. The molecule has 0 radical (unpaired) electrons. The van der Waals surface area contributed by atoms with E-state index in [1.165, 1.54) is 17.4 Å². The highest BCUT2D eigenvalue weighted by atomic mass is 32.2. The van der Waals surface area contributed by atoms with Gasteiger partial charge in [0, 0.05) is 16.2 Å². The van der Waals surface area contributed by atoms with Crippen LogP contribution in [0.4, 0.5) is 0 Å². The maximum absolute atomic E-state index is 12.2. The molecule has 0 aliphatic heterocycles. The largest absolute Gasteiger partial charge is 0.444 e. The van der Waals surface area contributed by atoms with E-state index in [9.17, 15) is 8.42 Å². The van der Waals surface area contributed by atoms with Crippen LogP contribution < -0.4 is 4.72 Å². The summed E-state index contributed by atoms with van der Waals surface area (Å²) in [5, 5.41) is 9.05. The van der Waals surface area contributed by atoms with E-state index in [1.807, 2.05) is 6.92 Å². The van der Waals surface area contributed by atoms with Gasteiger partial charge in [-0.05, 0) is 13.0 Å². The Kier molecular flexibility index (Phi) is 4.59. The van der Waals surface area contributed by atoms with Crippen molar-refractivity contribution in [3.8, 4) is 0 Å². The Morgan fingerprint density at radius 1 is 1.50 bits per heavy atom. The molecule has 0 unspecified atom stereocenters. The predicted molar refractivity (Wildman–Crippen MR) is 74.9 cm³/mol. The molecule has 20 heavy (non-hydrogen) atoms. The van der Waals surface area contributed by atoms with Crippen LogP contribution in [0.25, 0.3) is 0 Å². The number of aromatic nitrogens is 1. The Balaban J connectivity index is 2.12. The van der Waals surface area contributed by atoms with Gasteiger partial charge in [0.05, 0.1) is 24.2 Å². The molecule has 8 heteroatoms. The van der Waals surface area contributed by atoms with Gasteiger partial charge in [-0.2, -0.15) is 0 Å². The smallest absolute Gasteiger partial charge is 0.242 e. The van der Waals surface area contributed by atoms with Crippen molar-refractivity contribution in [3.05, 3.63) is 33.7 Å². The number of hydrogen-bond acceptors (Lipinski definition) is 6. The maximum atomic E-state index is 12.2. The lowest BCUT2D eigenvalue weighted by atomic mass is 10.4. The van der Waals surface area contributed by atoms with E-state index >= 15 is 0 Å². The van der Waals surface area contributed by atoms with Gasteiger partial charge in [0.25, 0.3) is 0 Å². The van der Waals surface area contributed by atoms with E-state index in [-0.39, 0.29) is 18.0 Å². The summed E-state index contributed by atoms with van der Waals surface area (Å²) in [5.41, 5.74) is 0. The lowest BCUT2D eigenvalue weighted by Gasteiger charge is -2.03. The summed E-state index contributed by atoms with van der Waals surface area (Å²) >= 11 is 1.26. The zero-order chi connectivity index (χ0) is 14.8. The molecule has 0 spiro atoms. The number of aliphatic hydroxyl groups is 1. The third-order valence-electron chi connectivity index (χ3n) is 2.73. The van der Waals surface area contributed by atoms with Crippen LogP contribution in [-0.4, -0.2) is 18.5 Å². The normalized spacial score (nSPS) is 11.9. The number of oxazole rings is 1. The third-order valence-corrected chi connectivity index (χ3v) is 5.42. The molecule has 0 bridgehead atoms. The minimum Gasteiger partial charge on any atom is -0.444 e. The average Bonchev–Trinajstić information content (AvgIpc) is 3.02. The molecule has 0 saturated carbocycles. The molecule has 2 N–H and O–H groups in total. The van der Waals surface area contributed by atoms with E-state index in [4.69, 9.17) is 9.52 Å². The number of thiophene rings is 1. The van der Waals surface area contributed by atoms with Crippen LogP contribution in [0.5, 0.6) is 0 Å². The fourth-order valence-corrected chi connectivity index (χ4v) is 4.16. The van der Waals surface area contributed by atoms with Crippen molar-refractivity contribution in [1.29, 1.82) is 0 Å². The average molecular weight is 316 g/mol. The number of aliphatic hydroxyl groups excluding tert-OH is 1. The SMILES string of the molecule is CCc1cnc(CNS(=O)(=O)c2cc(CO)sc2C)o1. The standard InChI is InChI=1S/C12H16N2O4S2/c1-3-9-5-13-12(18-9)6-14-20(16,17)11-4-10(7-15)19-8(11)2/h4-5,14-15H,3,6-7H2,1-2H3. The molecule has 0 amide bonds. The minimum absolute atomic E-state index is 0.00603. The van der Waals surface area contributed by atoms with Crippen LogP contribution in [0.1, 0.15) is 28.3 Å². The van der Waals surface area contributed by atoms with Gasteiger partial charge in [-0.25, -0.2) is 18.1 Å². The third kappa shape index (κ3) is 3.26. The van der Waals surface area contributed by atoms with Gasteiger partial charge in [-0.1, -0.05) is 6.92 Å². The first-order valence-electron chi connectivity index (χ1n) is 6.09. The summed E-state index contributed by atoms with van der Waals surface area (Å²) in [5.74, 6) is 1.05. The summed E-state index contributed by atoms with van der Waals surface area (Å²) in [7, 11) is -3.63. The Morgan fingerprint density at radius 3 is 2.80 bits per heavy atom. The Morgan fingerprint density at radius 2 is 2.25 bits per heavy atom. The molecule has 2 aromatic heterocycles. The molecule has 2 rings (SSSR count). The minimum atomic E-state index is -3.63. The molecular formula is C12H16N2O4S2. The fourth-order valence-electron chi connectivity index (χ4n) is 1.70. The number of nitrogens with one attached hydrogen (secondary N) is 1. The first-order chi connectivity index (χ1) is 9.46. The molecule has 110 valence electrons. The zero-order valence-corrected chi connectivity index (χ0v) is 12.8. The van der Waals surface area contributed by atoms with Crippen LogP contribution in [0.2, 0.25) is 0 Å². The van der Waals surface area contributed by atoms with Gasteiger partial charge in [0.15, 0.2) is 0 Å². The Hall–Kier alpha value is -1.22. The van der Waals surface area contributed by atoms with Crippen LogP contribution in [0, 0.1) is 6.92 Å². The lowest BCUT2D eigenvalue weighted by Crippen LogP contribution is -2.23. The van der Waals surface area contributed by atoms with Crippen molar-refractivity contribution < 1.29 is 17.9 Å². The summed E-state index contributed by atoms with van der Waals surface area (Å²) in [6.45, 7) is 3.48. The quantitative estimate of drug-likeness (QED) is 0.844. The van der Waals surface area contributed by atoms with E-state index in [2.05, 4.69) is 9.71 Å². The maximum Gasteiger partial charge on any atom is 0.242 e. The second-order valence-corrected chi connectivity index (χ2v) is 7.27. The van der Waals surface area contributed by atoms with Crippen molar-refractivity contribution in [3.63, 3.8) is 0 Å². The van der Waals surface area contributed by atoms with Gasteiger partial charge in [0.1, 0.15) is 5.76 Å². The summed E-state index contributed by atoms with van der Waals surface area (Å²) in [6, 6.07) is 1.48. The molecule has 0 fully saturated rings.